The lowest BCUT2D eigenvalue weighted by atomic mass is 10.0. The number of nitrogens with zero attached hydrogens (tertiary/aromatic N) is 2. The van der Waals surface area contributed by atoms with E-state index in [0.717, 1.165) is 15.7 Å². The Bertz CT molecular complexity index is 3720. The second-order valence-electron chi connectivity index (χ2n) is 15.3. The number of hydrogen-bond donors (Lipinski definition) is 3. The normalized spacial score (nSPS) is 13.0. The van der Waals surface area contributed by atoms with Gasteiger partial charge in [0.15, 0.2) is 46.5 Å². The molecule has 7 nitrogen and oxygen atoms in total. The summed E-state index contributed by atoms with van der Waals surface area (Å²) in [4.78, 5) is 41.7. The van der Waals surface area contributed by atoms with Gasteiger partial charge < -0.3 is 15.0 Å². The summed E-state index contributed by atoms with van der Waals surface area (Å²) in [5.74, 6) is -23.5. The second-order valence-corrected chi connectivity index (χ2v) is 15.3. The molecule has 2 amide bonds. The van der Waals surface area contributed by atoms with E-state index in [0.29, 0.717) is 0 Å². The zero-order chi connectivity index (χ0) is 46.0. The highest BCUT2D eigenvalue weighted by Gasteiger charge is 2.37. The molecule has 5 aromatic carbocycles. The lowest BCUT2D eigenvalue weighted by molar-refractivity contribution is 0.0926. The fourth-order valence-corrected chi connectivity index (χ4v) is 8.57. The van der Waals surface area contributed by atoms with E-state index in [9.17, 15) is 35.9 Å². The van der Waals surface area contributed by atoms with Gasteiger partial charge in [0.2, 0.25) is 11.6 Å². The van der Waals surface area contributed by atoms with Crippen molar-refractivity contribution in [3.63, 3.8) is 0 Å². The van der Waals surface area contributed by atoms with Gasteiger partial charge in [-0.05, 0) is 89.2 Å². The van der Waals surface area contributed by atoms with E-state index in [1.807, 2.05) is 0 Å². The maximum atomic E-state index is 15.8. The first-order valence-corrected chi connectivity index (χ1v) is 19.6. The third-order valence-corrected chi connectivity index (χ3v) is 11.7. The van der Waals surface area contributed by atoms with Crippen molar-refractivity contribution in [3.05, 3.63) is 178 Å². The summed E-state index contributed by atoms with van der Waals surface area (Å²) in [7, 11) is 0. The SMILES string of the molecule is O=C1c2cc3ccccc3cc2C(=O)N1c1ccc(-c2c3nc(c(-c4c(F)c(F)c(F)c(F)c4F)c4ccc([nH]4)c4ccc([nH]4)c(-c4c(F)c(F)c(F)c(F)c4F)c4ccc2[nH]4)C=C3)cc1. The van der Waals surface area contributed by atoms with Crippen LogP contribution in [-0.4, -0.2) is 31.8 Å². The fourth-order valence-electron chi connectivity index (χ4n) is 8.57. The van der Waals surface area contributed by atoms with Crippen LogP contribution in [-0.2, 0) is 0 Å². The molecule has 0 atom stereocenters. The van der Waals surface area contributed by atoms with Gasteiger partial charge in [0.1, 0.15) is 0 Å². The van der Waals surface area contributed by atoms with Crippen LogP contribution < -0.4 is 4.90 Å². The number of halogens is 10. The highest BCUT2D eigenvalue weighted by molar-refractivity contribution is 6.35. The summed E-state index contributed by atoms with van der Waals surface area (Å²) in [5, 5.41) is 1.47. The van der Waals surface area contributed by atoms with Crippen LogP contribution in [0.5, 0.6) is 0 Å². The van der Waals surface area contributed by atoms with Crippen LogP contribution in [0.3, 0.4) is 0 Å². The molecule has 324 valence electrons. The lowest BCUT2D eigenvalue weighted by Gasteiger charge is -2.14. The van der Waals surface area contributed by atoms with Gasteiger partial charge in [0.05, 0.1) is 50.4 Å². The van der Waals surface area contributed by atoms with Crippen LogP contribution >= 0.6 is 0 Å². The molecule has 0 unspecified atom stereocenters. The Balaban J connectivity index is 1.20. The smallest absolute Gasteiger partial charge is 0.266 e. The summed E-state index contributed by atoms with van der Waals surface area (Å²) in [6.07, 6.45) is 2.59. The highest BCUT2D eigenvalue weighted by Crippen LogP contribution is 2.42. The van der Waals surface area contributed by atoms with Crippen molar-refractivity contribution in [2.24, 2.45) is 0 Å². The van der Waals surface area contributed by atoms with Gasteiger partial charge in [-0.1, -0.05) is 36.4 Å². The Labute approximate surface area is 362 Å². The Morgan fingerprint density at radius 3 is 1.21 bits per heavy atom. The number of amides is 2. The molecule has 0 radical (unpaired) electrons. The number of anilines is 1. The first-order valence-electron chi connectivity index (χ1n) is 19.6. The Kier molecular flexibility index (Phi) is 8.88. The molecule has 9 aromatic rings. The van der Waals surface area contributed by atoms with E-state index in [4.69, 9.17) is 0 Å². The van der Waals surface area contributed by atoms with Gasteiger partial charge in [0.25, 0.3) is 11.8 Å². The van der Waals surface area contributed by atoms with Crippen LogP contribution in [0.1, 0.15) is 32.1 Å². The number of hydrogen-bond acceptors (Lipinski definition) is 3. The standard InChI is InChI=1S/C49H21F10N5O2/c50-38-36(39(51)43(55)46(58)42(38)54)34-29-11-9-25(60-29)26-10-12-30(61-26)35(37-40(52)44(56)47(59)45(57)41(37)53)32-16-14-28(63-32)33(27-13-15-31(34)62-27)19-5-7-22(8-6-19)64-48(65)23-17-20-3-1-2-4-21(20)18-24(23)49(64)66/h1-18,60-62H. The summed E-state index contributed by atoms with van der Waals surface area (Å²) >= 11 is 0. The highest BCUT2D eigenvalue weighted by atomic mass is 19.2. The predicted octanol–water partition coefficient (Wildman–Crippen LogP) is 13.0. The topological polar surface area (TPSA) is 97.6 Å². The second kappa shape index (κ2) is 14.5. The molecule has 8 bridgehead atoms. The summed E-state index contributed by atoms with van der Waals surface area (Å²) in [5.41, 5.74) is -3.55. The van der Waals surface area contributed by atoms with E-state index in [2.05, 4.69) is 19.9 Å². The minimum Gasteiger partial charge on any atom is -0.354 e. The van der Waals surface area contributed by atoms with Crippen molar-refractivity contribution in [1.82, 2.24) is 19.9 Å². The molecular formula is C49H21F10N5O2. The largest absolute Gasteiger partial charge is 0.354 e. The summed E-state index contributed by atoms with van der Waals surface area (Å²) in [6, 6.07) is 24.1. The third kappa shape index (κ3) is 5.81. The monoisotopic (exact) mass is 901 g/mol. The van der Waals surface area contributed by atoms with Gasteiger partial charge in [-0.2, -0.15) is 0 Å². The van der Waals surface area contributed by atoms with Gasteiger partial charge in [-0.15, -0.1) is 0 Å². The van der Waals surface area contributed by atoms with Gasteiger partial charge >= 0.3 is 0 Å². The first kappa shape index (κ1) is 40.3. The maximum absolute atomic E-state index is 15.8. The van der Waals surface area contributed by atoms with Gasteiger partial charge in [-0.25, -0.2) is 53.8 Å². The quantitative estimate of drug-likeness (QED) is 0.0710. The average molecular weight is 902 g/mol. The van der Waals surface area contributed by atoms with E-state index in [1.165, 1.54) is 72.8 Å². The number of H-pyrrole nitrogens is 3. The number of imide groups is 1. The Hall–Kier alpha value is -8.47. The number of carbonyl (C=O) groups is 2. The minimum atomic E-state index is -2.40. The fraction of sp³-hybridized carbons (Fsp3) is 0. The van der Waals surface area contributed by atoms with Crippen molar-refractivity contribution < 1.29 is 53.5 Å². The summed E-state index contributed by atoms with van der Waals surface area (Å²) in [6.45, 7) is 0. The molecule has 0 saturated carbocycles. The number of rotatable bonds is 4. The third-order valence-electron chi connectivity index (χ3n) is 11.7. The van der Waals surface area contributed by atoms with Crippen molar-refractivity contribution in [3.8, 4) is 33.4 Å². The zero-order valence-corrected chi connectivity index (χ0v) is 32.9. The number of aromatic nitrogens is 4. The molecule has 66 heavy (non-hydrogen) atoms. The number of benzene rings is 5. The van der Waals surface area contributed by atoms with Crippen molar-refractivity contribution in [1.29, 1.82) is 0 Å². The van der Waals surface area contributed by atoms with Crippen LogP contribution in [0.4, 0.5) is 49.6 Å². The number of fused-ring (bicyclic) bond motifs is 11. The van der Waals surface area contributed by atoms with E-state index in [-0.39, 0.29) is 72.4 Å². The molecular weight excluding hydrogens is 881 g/mol. The Morgan fingerprint density at radius 2 is 0.742 bits per heavy atom. The van der Waals surface area contributed by atoms with Crippen molar-refractivity contribution in [2.75, 3.05) is 4.90 Å². The van der Waals surface area contributed by atoms with Crippen molar-refractivity contribution >= 4 is 73.5 Å². The number of nitrogens with one attached hydrogen (secondary N) is 3. The van der Waals surface area contributed by atoms with Crippen LogP contribution in [0.15, 0.2) is 97.1 Å². The zero-order valence-electron chi connectivity index (χ0n) is 32.9. The van der Waals surface area contributed by atoms with E-state index >= 15 is 17.6 Å². The minimum absolute atomic E-state index is 0.0269. The molecule has 17 heteroatoms. The first-order chi connectivity index (χ1) is 31.7. The average Bonchev–Trinajstić information content (AvgIpc) is 4.19. The molecule has 2 aliphatic heterocycles. The molecule has 0 saturated heterocycles. The molecule has 3 N–H and O–H groups in total. The molecule has 0 aliphatic carbocycles. The van der Waals surface area contributed by atoms with Crippen LogP contribution in [0.25, 0.3) is 89.4 Å². The summed E-state index contributed by atoms with van der Waals surface area (Å²) < 4.78 is 151. The molecule has 2 aliphatic rings. The maximum Gasteiger partial charge on any atom is 0.266 e. The Morgan fingerprint density at radius 1 is 0.379 bits per heavy atom. The molecule has 11 rings (SSSR count). The predicted molar refractivity (Wildman–Crippen MR) is 226 cm³/mol. The van der Waals surface area contributed by atoms with Gasteiger partial charge in [0, 0.05) is 38.8 Å². The molecule has 4 aromatic heterocycles. The number of aromatic amines is 3. The van der Waals surface area contributed by atoms with E-state index in [1.54, 1.807) is 36.4 Å². The van der Waals surface area contributed by atoms with Crippen LogP contribution in [0, 0.1) is 58.2 Å². The van der Waals surface area contributed by atoms with Crippen LogP contribution in [0.2, 0.25) is 0 Å². The molecule has 0 spiro atoms. The van der Waals surface area contributed by atoms with E-state index < -0.39 is 92.2 Å². The molecule has 6 heterocycles. The number of carbonyl (C=O) groups excluding carboxylic acids is 2. The molecule has 0 fully saturated rings. The lowest BCUT2D eigenvalue weighted by Crippen LogP contribution is -2.29. The van der Waals surface area contributed by atoms with Gasteiger partial charge in [-0.3, -0.25) is 9.59 Å². The van der Waals surface area contributed by atoms with Crippen molar-refractivity contribution in [2.45, 2.75) is 0 Å².